The van der Waals surface area contributed by atoms with Gasteiger partial charge in [-0.15, -0.1) is 0 Å². The third-order valence-corrected chi connectivity index (χ3v) is 2.52. The second-order valence-corrected chi connectivity index (χ2v) is 5.10. The van der Waals surface area contributed by atoms with Crippen molar-refractivity contribution in [1.29, 1.82) is 0 Å². The van der Waals surface area contributed by atoms with Gasteiger partial charge in [-0.3, -0.25) is 4.79 Å². The van der Waals surface area contributed by atoms with Crippen LogP contribution in [0.1, 0.15) is 43.6 Å². The molecule has 3 nitrogen and oxygen atoms in total. The van der Waals surface area contributed by atoms with E-state index in [9.17, 15) is 9.90 Å². The summed E-state index contributed by atoms with van der Waals surface area (Å²) in [6.45, 7) is 7.58. The van der Waals surface area contributed by atoms with E-state index in [4.69, 9.17) is 5.73 Å². The van der Waals surface area contributed by atoms with Gasteiger partial charge in [0.05, 0.1) is 11.6 Å². The lowest BCUT2D eigenvalue weighted by molar-refractivity contribution is 0.0965. The third-order valence-electron chi connectivity index (χ3n) is 2.52. The third kappa shape index (κ3) is 2.42. The molecule has 0 saturated carbocycles. The number of carbonyl (C=O) groups is 1. The second kappa shape index (κ2) is 4.26. The van der Waals surface area contributed by atoms with Crippen molar-refractivity contribution in [3.8, 4) is 5.75 Å². The van der Waals surface area contributed by atoms with E-state index >= 15 is 0 Å². The lowest BCUT2D eigenvalue weighted by atomic mass is 9.84. The summed E-state index contributed by atoms with van der Waals surface area (Å²) in [7, 11) is 0. The van der Waals surface area contributed by atoms with Gasteiger partial charge in [-0.25, -0.2) is 0 Å². The van der Waals surface area contributed by atoms with Gasteiger partial charge in [-0.2, -0.15) is 0 Å². The van der Waals surface area contributed by atoms with Crippen LogP contribution in [0, 0.1) is 0 Å². The van der Waals surface area contributed by atoms with Crippen LogP contribution in [0.25, 0.3) is 0 Å². The maximum atomic E-state index is 11.8. The molecule has 88 valence electrons. The monoisotopic (exact) mass is 221 g/mol. The Labute approximate surface area is 96.3 Å². The molecule has 0 bridgehead atoms. The standard InChI is InChI=1S/C13H19NO2/c1-8(14)11(15)9-6-5-7-10(12(9)16)13(2,3)4/h5-8,16H,14H2,1-4H3. The number of hydrogen-bond donors (Lipinski definition) is 2. The molecule has 16 heavy (non-hydrogen) atoms. The van der Waals surface area contributed by atoms with E-state index in [0.717, 1.165) is 5.56 Å². The summed E-state index contributed by atoms with van der Waals surface area (Å²) in [5.74, 6) is -0.180. The Kier molecular flexibility index (Phi) is 3.38. The summed E-state index contributed by atoms with van der Waals surface area (Å²) >= 11 is 0. The van der Waals surface area contributed by atoms with Crippen molar-refractivity contribution in [3.05, 3.63) is 29.3 Å². The number of nitrogens with two attached hydrogens (primary N) is 1. The molecule has 1 atom stereocenters. The second-order valence-electron chi connectivity index (χ2n) is 5.10. The van der Waals surface area contributed by atoms with Gasteiger partial charge < -0.3 is 10.8 Å². The summed E-state index contributed by atoms with van der Waals surface area (Å²) in [6.07, 6.45) is 0. The minimum absolute atomic E-state index is 0.0531. The molecular formula is C13H19NO2. The molecule has 0 spiro atoms. The predicted octanol–water partition coefficient (Wildman–Crippen LogP) is 2.22. The SMILES string of the molecule is CC(N)C(=O)c1cccc(C(C)(C)C)c1O. The van der Waals surface area contributed by atoms with Crippen LogP contribution >= 0.6 is 0 Å². The summed E-state index contributed by atoms with van der Waals surface area (Å²) < 4.78 is 0. The number of rotatable bonds is 2. The first-order valence-electron chi connectivity index (χ1n) is 5.37. The van der Waals surface area contributed by atoms with Gasteiger partial charge in [0, 0.05) is 0 Å². The number of para-hydroxylation sites is 1. The Morgan fingerprint density at radius 2 is 1.94 bits per heavy atom. The molecule has 1 unspecified atom stereocenters. The molecule has 0 aliphatic heterocycles. The molecule has 0 radical (unpaired) electrons. The molecule has 3 N–H and O–H groups in total. The highest BCUT2D eigenvalue weighted by Crippen LogP contribution is 2.33. The van der Waals surface area contributed by atoms with Crippen molar-refractivity contribution in [1.82, 2.24) is 0 Å². The van der Waals surface area contributed by atoms with Gasteiger partial charge in [0.2, 0.25) is 0 Å². The first kappa shape index (κ1) is 12.7. The molecule has 0 amide bonds. The Balaban J connectivity index is 3.30. The van der Waals surface area contributed by atoms with E-state index in [1.807, 2.05) is 26.8 Å². The fourth-order valence-electron chi connectivity index (χ4n) is 1.59. The zero-order chi connectivity index (χ0) is 12.5. The largest absolute Gasteiger partial charge is 0.507 e. The van der Waals surface area contributed by atoms with E-state index in [2.05, 4.69) is 0 Å². The zero-order valence-electron chi connectivity index (χ0n) is 10.2. The summed E-state index contributed by atoms with van der Waals surface area (Å²) in [6, 6.07) is 4.61. The Morgan fingerprint density at radius 3 is 2.38 bits per heavy atom. The fraction of sp³-hybridized carbons (Fsp3) is 0.462. The van der Waals surface area contributed by atoms with Crippen LogP contribution in [0.2, 0.25) is 0 Å². The Hall–Kier alpha value is -1.35. The highest BCUT2D eigenvalue weighted by Gasteiger charge is 2.23. The molecule has 0 saturated heterocycles. The summed E-state index contributed by atoms with van der Waals surface area (Å²) in [5.41, 5.74) is 6.41. The molecule has 0 aliphatic rings. The minimum Gasteiger partial charge on any atom is -0.507 e. The molecule has 1 rings (SSSR count). The van der Waals surface area contributed by atoms with Crippen LogP contribution in [0.4, 0.5) is 0 Å². The molecule has 0 heterocycles. The molecule has 1 aromatic carbocycles. The first-order chi connectivity index (χ1) is 7.25. The molecule has 3 heteroatoms. The molecular weight excluding hydrogens is 202 g/mol. The van der Waals surface area contributed by atoms with Crippen molar-refractivity contribution in [2.75, 3.05) is 0 Å². The van der Waals surface area contributed by atoms with Crippen molar-refractivity contribution < 1.29 is 9.90 Å². The van der Waals surface area contributed by atoms with Crippen molar-refractivity contribution in [2.45, 2.75) is 39.2 Å². The van der Waals surface area contributed by atoms with Crippen LogP contribution in [0.3, 0.4) is 0 Å². The lowest BCUT2D eigenvalue weighted by Crippen LogP contribution is -2.27. The quantitative estimate of drug-likeness (QED) is 0.753. The molecule has 1 aromatic rings. The van der Waals surface area contributed by atoms with E-state index in [1.165, 1.54) is 0 Å². The van der Waals surface area contributed by atoms with Crippen LogP contribution in [-0.4, -0.2) is 16.9 Å². The topological polar surface area (TPSA) is 63.3 Å². The average molecular weight is 221 g/mol. The van der Waals surface area contributed by atoms with Gasteiger partial charge >= 0.3 is 0 Å². The summed E-state index contributed by atoms with van der Waals surface area (Å²) in [5, 5.41) is 10.1. The van der Waals surface area contributed by atoms with Gasteiger partial charge in [0.25, 0.3) is 0 Å². The zero-order valence-corrected chi connectivity index (χ0v) is 10.2. The van der Waals surface area contributed by atoms with Gasteiger partial charge in [-0.1, -0.05) is 32.9 Å². The lowest BCUT2D eigenvalue weighted by Gasteiger charge is -2.21. The molecule has 0 aliphatic carbocycles. The first-order valence-corrected chi connectivity index (χ1v) is 5.37. The highest BCUT2D eigenvalue weighted by atomic mass is 16.3. The summed E-state index contributed by atoms with van der Waals surface area (Å²) in [4.78, 5) is 11.8. The Morgan fingerprint density at radius 1 is 1.38 bits per heavy atom. The Bertz CT molecular complexity index is 403. The maximum Gasteiger partial charge on any atom is 0.182 e. The van der Waals surface area contributed by atoms with Gasteiger partial charge in [0.15, 0.2) is 5.78 Å². The van der Waals surface area contributed by atoms with Crippen LogP contribution in [-0.2, 0) is 5.41 Å². The van der Waals surface area contributed by atoms with Crippen LogP contribution in [0.15, 0.2) is 18.2 Å². The number of phenolic OH excluding ortho intramolecular Hbond substituents is 1. The van der Waals surface area contributed by atoms with Crippen LogP contribution < -0.4 is 5.73 Å². The number of benzene rings is 1. The van der Waals surface area contributed by atoms with Crippen LogP contribution in [0.5, 0.6) is 5.75 Å². The number of hydrogen-bond acceptors (Lipinski definition) is 3. The normalized spacial score (nSPS) is 13.6. The van der Waals surface area contributed by atoms with Crippen molar-refractivity contribution in [3.63, 3.8) is 0 Å². The van der Waals surface area contributed by atoms with E-state index < -0.39 is 6.04 Å². The average Bonchev–Trinajstić information content (AvgIpc) is 2.15. The molecule has 0 aromatic heterocycles. The smallest absolute Gasteiger partial charge is 0.182 e. The van der Waals surface area contributed by atoms with E-state index in [-0.39, 0.29) is 16.9 Å². The molecule has 0 fully saturated rings. The number of ketones is 1. The van der Waals surface area contributed by atoms with Gasteiger partial charge in [-0.05, 0) is 24.0 Å². The number of Topliss-reactive ketones (excluding diaryl/α,β-unsaturated/α-hetero) is 1. The van der Waals surface area contributed by atoms with E-state index in [0.29, 0.717) is 5.56 Å². The van der Waals surface area contributed by atoms with Crippen molar-refractivity contribution >= 4 is 5.78 Å². The van der Waals surface area contributed by atoms with Gasteiger partial charge in [0.1, 0.15) is 5.75 Å². The fourth-order valence-corrected chi connectivity index (χ4v) is 1.59. The van der Waals surface area contributed by atoms with Crippen molar-refractivity contribution in [2.24, 2.45) is 5.73 Å². The highest BCUT2D eigenvalue weighted by molar-refractivity contribution is 6.02. The number of phenols is 1. The van der Waals surface area contributed by atoms with E-state index in [1.54, 1.807) is 19.1 Å². The number of carbonyl (C=O) groups excluding carboxylic acids is 1. The predicted molar refractivity (Wildman–Crippen MR) is 64.8 cm³/mol. The minimum atomic E-state index is -0.596. The number of aromatic hydroxyl groups is 1. The maximum absolute atomic E-state index is 11.8.